The molecule has 0 fully saturated rings. The van der Waals surface area contributed by atoms with Gasteiger partial charge in [0.1, 0.15) is 0 Å². The van der Waals surface area contributed by atoms with Gasteiger partial charge in [-0.2, -0.15) is 0 Å². The quantitative estimate of drug-likeness (QED) is 0.270. The maximum absolute atomic E-state index is 8.01. The van der Waals surface area contributed by atoms with Gasteiger partial charge in [0, 0.05) is 11.5 Å². The van der Waals surface area contributed by atoms with Crippen LogP contribution in [-0.2, 0) is 0 Å². The lowest BCUT2D eigenvalue weighted by Gasteiger charge is -2.01. The fourth-order valence-corrected chi connectivity index (χ4v) is 0.477. The molecule has 7 heteroatoms. The van der Waals surface area contributed by atoms with Crippen LogP contribution in [0.25, 0.3) is 10.4 Å². The molecule has 4 nitrogen and oxygen atoms in total. The predicted molar refractivity (Wildman–Crippen MR) is 60.9 cm³/mol. The summed E-state index contributed by atoms with van der Waals surface area (Å²) >= 11 is 15.0. The molecule has 0 saturated carbocycles. The molecule has 0 aromatic carbocycles. The third kappa shape index (κ3) is 22.7. The summed E-state index contributed by atoms with van der Waals surface area (Å²) in [6.45, 7) is 2.35. The number of unbranched alkanes of at least 4 members (excludes halogenated alkanes) is 2. The SMILES string of the molecule is CCCCCN=[N+]=[N-].OCC(Cl)(Cl)Cl. The van der Waals surface area contributed by atoms with Gasteiger partial charge < -0.3 is 5.11 Å². The van der Waals surface area contributed by atoms with Crippen LogP contribution in [0, 0.1) is 0 Å². The first-order valence-corrected chi connectivity index (χ1v) is 5.29. The molecule has 0 aromatic heterocycles. The Bertz CT molecular complexity index is 166. The second kappa shape index (κ2) is 11.2. The zero-order valence-corrected chi connectivity index (χ0v) is 10.2. The molecule has 0 rings (SSSR count). The molecule has 0 radical (unpaired) electrons. The van der Waals surface area contributed by atoms with Crippen molar-refractivity contribution < 1.29 is 5.11 Å². The highest BCUT2D eigenvalue weighted by atomic mass is 35.6. The molecule has 0 saturated heterocycles. The Morgan fingerprint density at radius 2 is 1.86 bits per heavy atom. The number of alkyl halides is 3. The molecule has 84 valence electrons. The first kappa shape index (κ1) is 16.6. The van der Waals surface area contributed by atoms with E-state index < -0.39 is 10.4 Å². The topological polar surface area (TPSA) is 69.0 Å². The minimum atomic E-state index is -1.49. The average Bonchev–Trinajstić information content (AvgIpc) is 2.13. The van der Waals surface area contributed by atoms with Crippen LogP contribution in [0.1, 0.15) is 26.2 Å². The fourth-order valence-electron chi connectivity index (χ4n) is 0.477. The van der Waals surface area contributed by atoms with E-state index in [0.29, 0.717) is 6.54 Å². The van der Waals surface area contributed by atoms with Crippen molar-refractivity contribution in [2.24, 2.45) is 5.11 Å². The number of hydrogen-bond donors (Lipinski definition) is 1. The van der Waals surface area contributed by atoms with Crippen molar-refractivity contribution in [3.8, 4) is 0 Å². The van der Waals surface area contributed by atoms with Gasteiger partial charge in [-0.1, -0.05) is 59.7 Å². The summed E-state index contributed by atoms with van der Waals surface area (Å²) in [6.07, 6.45) is 3.38. The number of aliphatic hydroxyl groups excluding tert-OH is 1. The third-order valence-electron chi connectivity index (χ3n) is 1.10. The lowest BCUT2D eigenvalue weighted by molar-refractivity contribution is 0.303. The minimum absolute atomic E-state index is 0.433. The molecular weight excluding hydrogens is 248 g/mol. The summed E-state index contributed by atoms with van der Waals surface area (Å²) in [6, 6.07) is 0. The molecule has 0 unspecified atom stereocenters. The molecule has 0 heterocycles. The lowest BCUT2D eigenvalue weighted by atomic mass is 10.3. The Morgan fingerprint density at radius 3 is 2.14 bits per heavy atom. The van der Waals surface area contributed by atoms with Crippen LogP contribution in [0.3, 0.4) is 0 Å². The fraction of sp³-hybridized carbons (Fsp3) is 1.00. The van der Waals surface area contributed by atoms with Crippen LogP contribution in [0.15, 0.2) is 5.11 Å². The molecule has 0 bridgehead atoms. The monoisotopic (exact) mass is 261 g/mol. The zero-order chi connectivity index (χ0) is 11.4. The standard InChI is InChI=1S/C5H11N3.C2H3Cl3O/c1-2-3-4-5-7-8-6;3-2(4,5)1-6/h2-5H2,1H3;6H,1H2. The van der Waals surface area contributed by atoms with Crippen molar-refractivity contribution in [3.05, 3.63) is 10.4 Å². The highest BCUT2D eigenvalue weighted by molar-refractivity contribution is 6.67. The number of nitrogens with zero attached hydrogens (tertiary/aromatic N) is 3. The van der Waals surface area contributed by atoms with E-state index in [4.69, 9.17) is 45.4 Å². The van der Waals surface area contributed by atoms with E-state index in [1.54, 1.807) is 0 Å². The first-order valence-electron chi connectivity index (χ1n) is 4.16. The number of aliphatic hydroxyl groups is 1. The van der Waals surface area contributed by atoms with Crippen LogP contribution in [0.2, 0.25) is 0 Å². The number of halogens is 3. The van der Waals surface area contributed by atoms with Gasteiger partial charge in [-0.25, -0.2) is 0 Å². The highest BCUT2D eigenvalue weighted by Gasteiger charge is 2.16. The van der Waals surface area contributed by atoms with Gasteiger partial charge in [-0.15, -0.1) is 0 Å². The van der Waals surface area contributed by atoms with Crippen molar-refractivity contribution in [1.29, 1.82) is 0 Å². The summed E-state index contributed by atoms with van der Waals surface area (Å²) < 4.78 is -1.49. The van der Waals surface area contributed by atoms with Crippen LogP contribution in [0.4, 0.5) is 0 Å². The Hall–Kier alpha value is 0.140. The Kier molecular flexibility index (Phi) is 13.3. The largest absolute Gasteiger partial charge is 0.392 e. The highest BCUT2D eigenvalue weighted by Crippen LogP contribution is 2.23. The predicted octanol–water partition coefficient (Wildman–Crippen LogP) is 3.84. The van der Waals surface area contributed by atoms with Gasteiger partial charge in [0.05, 0.1) is 6.61 Å². The molecule has 1 N–H and O–H groups in total. The molecule has 0 aliphatic carbocycles. The molecule has 0 aliphatic heterocycles. The molecule has 0 aliphatic rings. The van der Waals surface area contributed by atoms with Crippen LogP contribution >= 0.6 is 34.8 Å². The first-order chi connectivity index (χ1) is 6.47. The van der Waals surface area contributed by atoms with Crippen molar-refractivity contribution in [3.63, 3.8) is 0 Å². The van der Waals surface area contributed by atoms with Crippen molar-refractivity contribution in [2.45, 2.75) is 30.0 Å². The van der Waals surface area contributed by atoms with Crippen LogP contribution < -0.4 is 0 Å². The van der Waals surface area contributed by atoms with Gasteiger partial charge >= 0.3 is 0 Å². The second-order valence-electron chi connectivity index (χ2n) is 2.43. The van der Waals surface area contributed by atoms with E-state index in [9.17, 15) is 0 Å². The summed E-state index contributed by atoms with van der Waals surface area (Å²) in [5.41, 5.74) is 7.82. The summed E-state index contributed by atoms with van der Waals surface area (Å²) in [7, 11) is 0. The minimum Gasteiger partial charge on any atom is -0.392 e. The summed E-state index contributed by atoms with van der Waals surface area (Å²) in [4.78, 5) is 2.63. The van der Waals surface area contributed by atoms with E-state index in [0.717, 1.165) is 6.42 Å². The smallest absolute Gasteiger partial charge is 0.213 e. The van der Waals surface area contributed by atoms with Crippen molar-refractivity contribution >= 4 is 34.8 Å². The van der Waals surface area contributed by atoms with E-state index in [1.807, 2.05) is 0 Å². The molecular formula is C7H14Cl3N3O. The normalized spacial score (nSPS) is 9.79. The van der Waals surface area contributed by atoms with Gasteiger partial charge in [0.15, 0.2) is 0 Å². The molecule has 0 aromatic rings. The van der Waals surface area contributed by atoms with E-state index in [2.05, 4.69) is 16.9 Å². The number of rotatable bonds is 4. The molecule has 14 heavy (non-hydrogen) atoms. The van der Waals surface area contributed by atoms with Crippen molar-refractivity contribution in [2.75, 3.05) is 13.2 Å². The number of hydrogen-bond acceptors (Lipinski definition) is 2. The Morgan fingerprint density at radius 1 is 1.36 bits per heavy atom. The second-order valence-corrected chi connectivity index (χ2v) is 4.95. The summed E-state index contributed by atoms with van der Waals surface area (Å²) in [5, 5.41) is 11.4. The summed E-state index contributed by atoms with van der Waals surface area (Å²) in [5.74, 6) is 0. The number of azide groups is 1. The Balaban J connectivity index is 0. The maximum atomic E-state index is 8.01. The van der Waals surface area contributed by atoms with Gasteiger partial charge in [0.2, 0.25) is 3.79 Å². The van der Waals surface area contributed by atoms with Gasteiger partial charge in [0.25, 0.3) is 0 Å². The van der Waals surface area contributed by atoms with Gasteiger partial charge in [-0.05, 0) is 12.0 Å². The van der Waals surface area contributed by atoms with Crippen LogP contribution in [0.5, 0.6) is 0 Å². The van der Waals surface area contributed by atoms with E-state index in [-0.39, 0.29) is 0 Å². The molecule has 0 atom stereocenters. The van der Waals surface area contributed by atoms with Gasteiger partial charge in [-0.3, -0.25) is 0 Å². The van der Waals surface area contributed by atoms with E-state index >= 15 is 0 Å². The average molecular weight is 263 g/mol. The molecule has 0 spiro atoms. The third-order valence-corrected chi connectivity index (χ3v) is 1.46. The Labute approximate surface area is 98.8 Å². The van der Waals surface area contributed by atoms with Crippen molar-refractivity contribution in [1.82, 2.24) is 0 Å². The lowest BCUT2D eigenvalue weighted by Crippen LogP contribution is -2.06. The van der Waals surface area contributed by atoms with E-state index in [1.165, 1.54) is 12.8 Å². The maximum Gasteiger partial charge on any atom is 0.213 e. The van der Waals surface area contributed by atoms with Crippen LogP contribution in [-0.4, -0.2) is 22.1 Å². The zero-order valence-electron chi connectivity index (χ0n) is 7.96. The molecule has 0 amide bonds.